The SMILES string of the molecule is [CH2]COCC(=O)N1CCN(C)CC1. The Kier molecular flexibility index (Phi) is 4.18. The molecule has 0 unspecified atom stereocenters. The van der Waals surface area contributed by atoms with E-state index in [1.807, 2.05) is 4.90 Å². The number of ether oxygens (including phenoxy) is 1. The van der Waals surface area contributed by atoms with Crippen molar-refractivity contribution in [3.05, 3.63) is 6.92 Å². The molecule has 0 saturated carbocycles. The molecule has 75 valence electrons. The summed E-state index contributed by atoms with van der Waals surface area (Å²) >= 11 is 0. The second-order valence-electron chi connectivity index (χ2n) is 3.24. The van der Waals surface area contributed by atoms with Crippen LogP contribution in [0.5, 0.6) is 0 Å². The van der Waals surface area contributed by atoms with E-state index in [4.69, 9.17) is 4.74 Å². The second kappa shape index (κ2) is 5.19. The van der Waals surface area contributed by atoms with Gasteiger partial charge in [-0.15, -0.1) is 0 Å². The van der Waals surface area contributed by atoms with E-state index in [0.29, 0.717) is 6.61 Å². The third-order valence-corrected chi connectivity index (χ3v) is 2.23. The number of hydrogen-bond acceptors (Lipinski definition) is 3. The lowest BCUT2D eigenvalue weighted by atomic mass is 10.3. The van der Waals surface area contributed by atoms with Gasteiger partial charge in [-0.05, 0) is 14.0 Å². The lowest BCUT2D eigenvalue weighted by molar-refractivity contribution is -0.137. The molecule has 1 aliphatic rings. The molecule has 13 heavy (non-hydrogen) atoms. The van der Waals surface area contributed by atoms with Crippen LogP contribution in [0.25, 0.3) is 0 Å². The van der Waals surface area contributed by atoms with Crippen LogP contribution in [-0.4, -0.2) is 62.1 Å². The predicted molar refractivity (Wildman–Crippen MR) is 50.3 cm³/mol. The fourth-order valence-corrected chi connectivity index (χ4v) is 1.31. The van der Waals surface area contributed by atoms with Crippen LogP contribution >= 0.6 is 0 Å². The molecule has 4 heteroatoms. The first kappa shape index (κ1) is 10.5. The zero-order chi connectivity index (χ0) is 9.68. The van der Waals surface area contributed by atoms with Crippen LogP contribution in [0.4, 0.5) is 0 Å². The molecular weight excluding hydrogens is 168 g/mol. The van der Waals surface area contributed by atoms with Gasteiger partial charge >= 0.3 is 0 Å². The molecule has 1 rings (SSSR count). The minimum atomic E-state index is 0.0803. The average Bonchev–Trinajstić information content (AvgIpc) is 2.15. The zero-order valence-corrected chi connectivity index (χ0v) is 8.16. The van der Waals surface area contributed by atoms with Crippen molar-refractivity contribution < 1.29 is 9.53 Å². The first-order valence-corrected chi connectivity index (χ1v) is 4.57. The maximum absolute atomic E-state index is 11.4. The lowest BCUT2D eigenvalue weighted by Crippen LogP contribution is -2.48. The fourth-order valence-electron chi connectivity index (χ4n) is 1.31. The Hall–Kier alpha value is -0.610. The van der Waals surface area contributed by atoms with Gasteiger partial charge in [-0.2, -0.15) is 0 Å². The summed E-state index contributed by atoms with van der Waals surface area (Å²) in [6.45, 7) is 7.59. The van der Waals surface area contributed by atoms with Gasteiger partial charge in [0.05, 0.1) is 0 Å². The van der Waals surface area contributed by atoms with Gasteiger partial charge in [0.25, 0.3) is 0 Å². The highest BCUT2D eigenvalue weighted by molar-refractivity contribution is 5.77. The molecule has 0 bridgehead atoms. The molecule has 0 aromatic carbocycles. The zero-order valence-electron chi connectivity index (χ0n) is 8.16. The van der Waals surface area contributed by atoms with Gasteiger partial charge in [-0.1, -0.05) is 0 Å². The summed E-state index contributed by atoms with van der Waals surface area (Å²) in [5, 5.41) is 0. The lowest BCUT2D eigenvalue weighted by Gasteiger charge is -2.32. The third-order valence-electron chi connectivity index (χ3n) is 2.23. The molecule has 0 spiro atoms. The number of amides is 1. The number of carbonyl (C=O) groups is 1. The smallest absolute Gasteiger partial charge is 0.248 e. The molecule has 0 aromatic rings. The molecule has 0 aromatic heterocycles. The molecular formula is C9H17N2O2. The van der Waals surface area contributed by atoms with Gasteiger partial charge in [-0.3, -0.25) is 4.79 Å². The summed E-state index contributed by atoms with van der Waals surface area (Å²) in [6.07, 6.45) is 0. The van der Waals surface area contributed by atoms with Crippen LogP contribution < -0.4 is 0 Å². The fraction of sp³-hybridized carbons (Fsp3) is 0.778. The summed E-state index contributed by atoms with van der Waals surface area (Å²) in [4.78, 5) is 15.5. The van der Waals surface area contributed by atoms with E-state index in [0.717, 1.165) is 26.2 Å². The van der Waals surface area contributed by atoms with Crippen LogP contribution in [-0.2, 0) is 9.53 Å². The topological polar surface area (TPSA) is 32.8 Å². The first-order valence-electron chi connectivity index (χ1n) is 4.57. The Morgan fingerprint density at radius 1 is 1.38 bits per heavy atom. The van der Waals surface area contributed by atoms with E-state index >= 15 is 0 Å². The van der Waals surface area contributed by atoms with Crippen LogP contribution in [0.1, 0.15) is 0 Å². The van der Waals surface area contributed by atoms with Crippen molar-refractivity contribution in [3.63, 3.8) is 0 Å². The van der Waals surface area contributed by atoms with Crippen molar-refractivity contribution in [2.45, 2.75) is 0 Å². The van der Waals surface area contributed by atoms with Crippen molar-refractivity contribution >= 4 is 5.91 Å². The van der Waals surface area contributed by atoms with Gasteiger partial charge in [0, 0.05) is 32.8 Å². The highest BCUT2D eigenvalue weighted by atomic mass is 16.5. The Morgan fingerprint density at radius 2 is 2.00 bits per heavy atom. The summed E-state index contributed by atoms with van der Waals surface area (Å²) in [6, 6.07) is 0. The number of piperazine rings is 1. The molecule has 0 aliphatic carbocycles. The van der Waals surface area contributed by atoms with E-state index in [1.54, 1.807) is 0 Å². The maximum atomic E-state index is 11.4. The van der Waals surface area contributed by atoms with E-state index < -0.39 is 0 Å². The van der Waals surface area contributed by atoms with Crippen molar-refractivity contribution in [2.24, 2.45) is 0 Å². The molecule has 1 saturated heterocycles. The Balaban J connectivity index is 2.23. The van der Waals surface area contributed by atoms with Gasteiger partial charge in [-0.25, -0.2) is 0 Å². The van der Waals surface area contributed by atoms with E-state index in [2.05, 4.69) is 18.9 Å². The van der Waals surface area contributed by atoms with Crippen molar-refractivity contribution in [1.82, 2.24) is 9.80 Å². The largest absolute Gasteiger partial charge is 0.372 e. The maximum Gasteiger partial charge on any atom is 0.248 e. The molecule has 1 fully saturated rings. The average molecular weight is 185 g/mol. The molecule has 0 atom stereocenters. The Labute approximate surface area is 79.4 Å². The summed E-state index contributed by atoms with van der Waals surface area (Å²) in [7, 11) is 2.06. The van der Waals surface area contributed by atoms with Gasteiger partial charge < -0.3 is 14.5 Å². The van der Waals surface area contributed by atoms with Crippen molar-refractivity contribution in [1.29, 1.82) is 0 Å². The van der Waals surface area contributed by atoms with E-state index in [1.165, 1.54) is 0 Å². The third kappa shape index (κ3) is 3.32. The van der Waals surface area contributed by atoms with Gasteiger partial charge in [0.15, 0.2) is 0 Å². The number of carbonyl (C=O) groups excluding carboxylic acids is 1. The monoisotopic (exact) mass is 185 g/mol. The van der Waals surface area contributed by atoms with Crippen LogP contribution in [0.3, 0.4) is 0 Å². The van der Waals surface area contributed by atoms with Crippen LogP contribution in [0, 0.1) is 6.92 Å². The minimum Gasteiger partial charge on any atom is -0.372 e. The molecule has 4 nitrogen and oxygen atoms in total. The number of hydrogen-bond donors (Lipinski definition) is 0. The molecule has 1 amide bonds. The molecule has 1 heterocycles. The van der Waals surface area contributed by atoms with E-state index in [9.17, 15) is 4.79 Å². The number of nitrogens with zero attached hydrogens (tertiary/aromatic N) is 2. The molecule has 0 N–H and O–H groups in total. The second-order valence-corrected chi connectivity index (χ2v) is 3.24. The van der Waals surface area contributed by atoms with Crippen molar-refractivity contribution in [2.75, 3.05) is 46.4 Å². The number of likely N-dealkylation sites (N-methyl/N-ethyl adjacent to an activating group) is 1. The van der Waals surface area contributed by atoms with Crippen LogP contribution in [0.2, 0.25) is 0 Å². The minimum absolute atomic E-state index is 0.0803. The molecule has 1 radical (unpaired) electrons. The number of rotatable bonds is 3. The van der Waals surface area contributed by atoms with E-state index in [-0.39, 0.29) is 12.5 Å². The van der Waals surface area contributed by atoms with Gasteiger partial charge in [0.2, 0.25) is 5.91 Å². The first-order chi connectivity index (χ1) is 6.24. The standard InChI is InChI=1S/C9H17N2O2/c1-3-13-8-9(12)11-6-4-10(2)5-7-11/h1,3-8H2,2H3. The summed E-state index contributed by atoms with van der Waals surface area (Å²) in [5.74, 6) is 0.0803. The van der Waals surface area contributed by atoms with Crippen LogP contribution in [0.15, 0.2) is 0 Å². The Morgan fingerprint density at radius 3 is 2.54 bits per heavy atom. The summed E-state index contributed by atoms with van der Waals surface area (Å²) in [5.41, 5.74) is 0. The predicted octanol–water partition coefficient (Wildman–Crippen LogP) is -0.389. The normalized spacial score (nSPS) is 19.1. The highest BCUT2D eigenvalue weighted by Crippen LogP contribution is 1.99. The summed E-state index contributed by atoms with van der Waals surface area (Å²) < 4.78 is 4.96. The quantitative estimate of drug-likeness (QED) is 0.600. The van der Waals surface area contributed by atoms with Crippen molar-refractivity contribution in [3.8, 4) is 0 Å². The van der Waals surface area contributed by atoms with Gasteiger partial charge in [0.1, 0.15) is 6.61 Å². The Bertz CT molecular complexity index is 165. The molecule has 1 aliphatic heterocycles. The highest BCUT2D eigenvalue weighted by Gasteiger charge is 2.18.